The molecule has 0 aliphatic carbocycles. The number of hydrogen-bond acceptors (Lipinski definition) is 2. The van der Waals surface area contributed by atoms with Crippen LogP contribution in [-0.2, 0) is 4.74 Å². The van der Waals surface area contributed by atoms with Crippen LogP contribution in [0.4, 0.5) is 8.78 Å². The Labute approximate surface area is 119 Å². The number of rotatable bonds is 5. The summed E-state index contributed by atoms with van der Waals surface area (Å²) in [6.45, 7) is 7.03. The second kappa shape index (κ2) is 6.64. The average Bonchev–Trinajstić information content (AvgIpc) is 2.85. The molecule has 0 spiro atoms. The second-order valence-corrected chi connectivity index (χ2v) is 5.67. The first-order valence-electron chi connectivity index (χ1n) is 7.34. The smallest absolute Gasteiger partial charge is 0.163 e. The number of hydrogen-bond donors (Lipinski definition) is 1. The van der Waals surface area contributed by atoms with Crippen molar-refractivity contribution in [3.05, 3.63) is 34.9 Å². The molecule has 112 valence electrons. The molecule has 1 aromatic carbocycles. The van der Waals surface area contributed by atoms with Crippen LogP contribution in [0.1, 0.15) is 43.9 Å². The molecule has 1 aliphatic heterocycles. The summed E-state index contributed by atoms with van der Waals surface area (Å²) in [6.07, 6.45) is 2.01. The lowest BCUT2D eigenvalue weighted by Crippen LogP contribution is -2.30. The van der Waals surface area contributed by atoms with Crippen molar-refractivity contribution in [3.8, 4) is 0 Å². The van der Waals surface area contributed by atoms with Gasteiger partial charge in [0.05, 0.1) is 12.7 Å². The molecule has 0 saturated carbocycles. The Hall–Kier alpha value is -1.00. The molecule has 0 bridgehead atoms. The van der Waals surface area contributed by atoms with E-state index in [4.69, 9.17) is 4.74 Å². The van der Waals surface area contributed by atoms with E-state index in [1.807, 2.05) is 6.92 Å². The summed E-state index contributed by atoms with van der Waals surface area (Å²) >= 11 is 0. The fourth-order valence-electron chi connectivity index (χ4n) is 2.81. The van der Waals surface area contributed by atoms with Crippen LogP contribution in [0.2, 0.25) is 0 Å². The van der Waals surface area contributed by atoms with E-state index in [0.29, 0.717) is 17.7 Å². The molecule has 0 aromatic heterocycles. The van der Waals surface area contributed by atoms with Crippen molar-refractivity contribution in [3.63, 3.8) is 0 Å². The third-order valence-electron chi connectivity index (χ3n) is 3.96. The van der Waals surface area contributed by atoms with Crippen molar-refractivity contribution in [1.29, 1.82) is 0 Å². The minimum Gasteiger partial charge on any atom is -0.378 e. The molecule has 1 N–H and O–H groups in total. The van der Waals surface area contributed by atoms with Gasteiger partial charge in [0.15, 0.2) is 11.6 Å². The van der Waals surface area contributed by atoms with Crippen LogP contribution in [0, 0.1) is 24.5 Å². The van der Waals surface area contributed by atoms with E-state index >= 15 is 0 Å². The summed E-state index contributed by atoms with van der Waals surface area (Å²) in [5.74, 6) is -1.27. The van der Waals surface area contributed by atoms with Crippen molar-refractivity contribution in [1.82, 2.24) is 5.32 Å². The summed E-state index contributed by atoms with van der Waals surface area (Å²) < 4.78 is 33.6. The van der Waals surface area contributed by atoms with E-state index in [-0.39, 0.29) is 18.1 Å². The van der Waals surface area contributed by atoms with Crippen molar-refractivity contribution in [2.45, 2.75) is 45.8 Å². The molecule has 1 heterocycles. The summed E-state index contributed by atoms with van der Waals surface area (Å²) in [5.41, 5.74) is 0.765. The predicted molar refractivity (Wildman–Crippen MR) is 75.7 cm³/mol. The van der Waals surface area contributed by atoms with Gasteiger partial charge in [0, 0.05) is 17.5 Å². The molecule has 3 atom stereocenters. The van der Waals surface area contributed by atoms with Crippen LogP contribution in [-0.4, -0.2) is 19.3 Å². The number of halogens is 2. The van der Waals surface area contributed by atoms with Crippen LogP contribution in [0.15, 0.2) is 12.1 Å². The van der Waals surface area contributed by atoms with Crippen molar-refractivity contribution >= 4 is 0 Å². The first-order valence-corrected chi connectivity index (χ1v) is 7.34. The fourth-order valence-corrected chi connectivity index (χ4v) is 2.81. The molecular formula is C16H23F2NO. The summed E-state index contributed by atoms with van der Waals surface area (Å²) in [7, 11) is 0. The normalized spacial score (nSPS) is 24.1. The molecule has 1 aromatic rings. The molecule has 1 saturated heterocycles. The molecule has 1 fully saturated rings. The number of aryl methyl sites for hydroxylation is 1. The van der Waals surface area contributed by atoms with Crippen molar-refractivity contribution < 1.29 is 13.5 Å². The van der Waals surface area contributed by atoms with Crippen LogP contribution < -0.4 is 5.32 Å². The van der Waals surface area contributed by atoms with E-state index < -0.39 is 11.6 Å². The molecule has 20 heavy (non-hydrogen) atoms. The third-order valence-corrected chi connectivity index (χ3v) is 3.96. The van der Waals surface area contributed by atoms with Gasteiger partial charge >= 0.3 is 0 Å². The zero-order chi connectivity index (χ0) is 14.7. The maximum Gasteiger partial charge on any atom is 0.163 e. The highest BCUT2D eigenvalue weighted by atomic mass is 19.2. The Kier molecular flexibility index (Phi) is 5.11. The standard InChI is InChI=1S/C16H23F2NO/c1-4-7-19-16(12-8-11(3)20-9-12)13-6-5-10(2)14(17)15(13)18/h5-6,11-12,16,19H,4,7-9H2,1-3H3. The fraction of sp³-hybridized carbons (Fsp3) is 0.625. The molecule has 0 radical (unpaired) electrons. The van der Waals surface area contributed by atoms with Crippen LogP contribution >= 0.6 is 0 Å². The lowest BCUT2D eigenvalue weighted by molar-refractivity contribution is 0.116. The third kappa shape index (κ3) is 3.18. The van der Waals surface area contributed by atoms with Gasteiger partial charge in [-0.25, -0.2) is 8.78 Å². The van der Waals surface area contributed by atoms with Crippen LogP contribution in [0.3, 0.4) is 0 Å². The molecular weight excluding hydrogens is 260 g/mol. The summed E-state index contributed by atoms with van der Waals surface area (Å²) in [6, 6.07) is 3.16. The highest BCUT2D eigenvalue weighted by Gasteiger charge is 2.32. The Morgan fingerprint density at radius 3 is 2.70 bits per heavy atom. The van der Waals surface area contributed by atoms with E-state index in [0.717, 1.165) is 19.4 Å². The number of nitrogens with one attached hydrogen (secondary N) is 1. The lowest BCUT2D eigenvalue weighted by atomic mass is 9.90. The molecule has 1 aliphatic rings. The zero-order valence-electron chi connectivity index (χ0n) is 12.4. The predicted octanol–water partition coefficient (Wildman–Crippen LogP) is 3.74. The SMILES string of the molecule is CCCNC(c1ccc(C)c(F)c1F)C1COC(C)C1. The minimum atomic E-state index is -0.738. The Balaban J connectivity index is 2.28. The van der Waals surface area contributed by atoms with E-state index in [2.05, 4.69) is 12.2 Å². The van der Waals surface area contributed by atoms with Crippen molar-refractivity contribution in [2.24, 2.45) is 5.92 Å². The molecule has 4 heteroatoms. The highest BCUT2D eigenvalue weighted by molar-refractivity contribution is 5.28. The summed E-state index contributed by atoms with van der Waals surface area (Å²) in [5, 5.41) is 3.35. The topological polar surface area (TPSA) is 21.3 Å². The highest BCUT2D eigenvalue weighted by Crippen LogP contribution is 2.34. The van der Waals surface area contributed by atoms with Crippen molar-refractivity contribution in [2.75, 3.05) is 13.2 Å². The molecule has 0 amide bonds. The quantitative estimate of drug-likeness (QED) is 0.889. The Morgan fingerprint density at radius 1 is 1.35 bits per heavy atom. The van der Waals surface area contributed by atoms with E-state index in [1.54, 1.807) is 19.1 Å². The largest absolute Gasteiger partial charge is 0.378 e. The Bertz CT molecular complexity index is 464. The lowest BCUT2D eigenvalue weighted by Gasteiger charge is -2.25. The molecule has 2 rings (SSSR count). The van der Waals surface area contributed by atoms with Gasteiger partial charge in [-0.1, -0.05) is 19.1 Å². The monoisotopic (exact) mass is 283 g/mol. The first-order chi connectivity index (χ1) is 9.54. The number of benzene rings is 1. The van der Waals surface area contributed by atoms with Crippen LogP contribution in [0.5, 0.6) is 0 Å². The summed E-state index contributed by atoms with van der Waals surface area (Å²) in [4.78, 5) is 0. The first kappa shape index (κ1) is 15.4. The maximum atomic E-state index is 14.2. The van der Waals surface area contributed by atoms with Gasteiger partial charge in [0.2, 0.25) is 0 Å². The molecule has 3 unspecified atom stereocenters. The van der Waals surface area contributed by atoms with Gasteiger partial charge in [-0.15, -0.1) is 0 Å². The van der Waals surface area contributed by atoms with Gasteiger partial charge in [0.25, 0.3) is 0 Å². The van der Waals surface area contributed by atoms with Gasteiger partial charge < -0.3 is 10.1 Å². The number of ether oxygens (including phenoxy) is 1. The van der Waals surface area contributed by atoms with Gasteiger partial charge in [0.1, 0.15) is 0 Å². The van der Waals surface area contributed by atoms with E-state index in [1.165, 1.54) is 0 Å². The van der Waals surface area contributed by atoms with E-state index in [9.17, 15) is 8.78 Å². The minimum absolute atomic E-state index is 0.185. The average molecular weight is 283 g/mol. The maximum absolute atomic E-state index is 14.2. The van der Waals surface area contributed by atoms with Gasteiger partial charge in [-0.2, -0.15) is 0 Å². The zero-order valence-corrected chi connectivity index (χ0v) is 12.4. The second-order valence-electron chi connectivity index (χ2n) is 5.67. The Morgan fingerprint density at radius 2 is 2.10 bits per heavy atom. The van der Waals surface area contributed by atoms with Gasteiger partial charge in [-0.05, 0) is 38.8 Å². The van der Waals surface area contributed by atoms with Gasteiger partial charge in [-0.3, -0.25) is 0 Å². The molecule has 2 nitrogen and oxygen atoms in total. The van der Waals surface area contributed by atoms with Crippen LogP contribution in [0.25, 0.3) is 0 Å².